The van der Waals surface area contributed by atoms with E-state index in [1.54, 1.807) is 18.0 Å². The molecule has 0 bridgehead atoms. The molecular weight excluding hydrogens is 380 g/mol. The highest BCUT2D eigenvalue weighted by Gasteiger charge is 2.26. The molecule has 2 atom stereocenters. The molecule has 0 radical (unpaired) electrons. The van der Waals surface area contributed by atoms with Crippen LogP contribution in [0, 0.1) is 0 Å². The van der Waals surface area contributed by atoms with Gasteiger partial charge < -0.3 is 10.1 Å². The van der Waals surface area contributed by atoms with Crippen molar-refractivity contribution in [2.45, 2.75) is 35.4 Å². The van der Waals surface area contributed by atoms with Gasteiger partial charge in [-0.2, -0.15) is 11.8 Å². The van der Waals surface area contributed by atoms with E-state index in [2.05, 4.69) is 10.3 Å². The van der Waals surface area contributed by atoms with Gasteiger partial charge in [-0.15, -0.1) is 0 Å². The van der Waals surface area contributed by atoms with Gasteiger partial charge in [-0.1, -0.05) is 55.1 Å². The van der Waals surface area contributed by atoms with Crippen molar-refractivity contribution in [1.82, 2.24) is 10.3 Å². The topological polar surface area (TPSA) is 68.3 Å². The van der Waals surface area contributed by atoms with E-state index in [1.807, 2.05) is 55.5 Å². The molecule has 5 nitrogen and oxygen atoms in total. The van der Waals surface area contributed by atoms with Crippen LogP contribution in [0.15, 0.2) is 59.8 Å². The minimum Gasteiger partial charge on any atom is -0.467 e. The van der Waals surface area contributed by atoms with Gasteiger partial charge in [-0.25, -0.2) is 9.78 Å². The summed E-state index contributed by atoms with van der Waals surface area (Å²) in [5.74, 6) is 0.618. The normalized spacial score (nSPS) is 12.8. The summed E-state index contributed by atoms with van der Waals surface area (Å²) in [6, 6.07) is 14.9. The number of esters is 1. The van der Waals surface area contributed by atoms with Gasteiger partial charge in [-0.05, 0) is 24.1 Å². The summed E-state index contributed by atoms with van der Waals surface area (Å²) in [7, 11) is 1.34. The first-order valence-electron chi connectivity index (χ1n) is 8.71. The highest BCUT2D eigenvalue weighted by molar-refractivity contribution is 8.00. The van der Waals surface area contributed by atoms with Crippen molar-refractivity contribution in [2.75, 3.05) is 12.9 Å². The number of carbonyl (C=O) groups is 2. The predicted molar refractivity (Wildman–Crippen MR) is 111 cm³/mol. The third-order valence-corrected chi connectivity index (χ3v) is 6.18. The molecule has 0 saturated heterocycles. The number of nitrogens with one attached hydrogen (secondary N) is 1. The highest BCUT2D eigenvalue weighted by atomic mass is 32.2. The Labute approximate surface area is 168 Å². The van der Waals surface area contributed by atoms with Crippen LogP contribution in [0.1, 0.15) is 18.9 Å². The van der Waals surface area contributed by atoms with E-state index in [0.29, 0.717) is 12.2 Å². The summed E-state index contributed by atoms with van der Waals surface area (Å²) in [6.45, 7) is 1.94. The fourth-order valence-corrected chi connectivity index (χ4v) is 4.24. The van der Waals surface area contributed by atoms with E-state index in [9.17, 15) is 9.59 Å². The van der Waals surface area contributed by atoms with Gasteiger partial charge in [0.1, 0.15) is 6.04 Å². The third-order valence-electron chi connectivity index (χ3n) is 3.76. The summed E-state index contributed by atoms with van der Waals surface area (Å²) in [5.41, 5.74) is 1.18. The molecule has 1 amide bonds. The Morgan fingerprint density at radius 1 is 1.15 bits per heavy atom. The molecule has 0 saturated carbocycles. The number of ether oxygens (including phenoxy) is 1. The first-order valence-corrected chi connectivity index (χ1v) is 10.7. The molecule has 0 aliphatic rings. The monoisotopic (exact) mass is 404 g/mol. The smallest absolute Gasteiger partial charge is 0.329 e. The second-order valence-electron chi connectivity index (χ2n) is 5.77. The lowest BCUT2D eigenvalue weighted by molar-refractivity contribution is -0.144. The lowest BCUT2D eigenvalue weighted by Gasteiger charge is -2.20. The zero-order valence-corrected chi connectivity index (χ0v) is 17.1. The van der Waals surface area contributed by atoms with Crippen LogP contribution >= 0.6 is 23.5 Å². The Hall–Kier alpha value is -1.99. The van der Waals surface area contributed by atoms with Gasteiger partial charge in [0, 0.05) is 17.7 Å². The van der Waals surface area contributed by atoms with E-state index < -0.39 is 12.0 Å². The summed E-state index contributed by atoms with van der Waals surface area (Å²) in [6.07, 6.45) is 2.34. The van der Waals surface area contributed by atoms with Crippen LogP contribution in [0.4, 0.5) is 0 Å². The average Bonchev–Trinajstić information content (AvgIpc) is 2.72. The number of hydrogen-bond acceptors (Lipinski definition) is 6. The van der Waals surface area contributed by atoms with Crippen LogP contribution in [-0.4, -0.2) is 41.0 Å². The van der Waals surface area contributed by atoms with E-state index in [0.717, 1.165) is 10.8 Å². The Bertz CT molecular complexity index is 714. The number of benzene rings is 1. The van der Waals surface area contributed by atoms with E-state index in [-0.39, 0.29) is 11.2 Å². The Morgan fingerprint density at radius 3 is 2.52 bits per heavy atom. The SMILES string of the molecule is CCC(Sc1ccccn1)C(=O)NC(CSCc1ccccc1)C(=O)OC. The van der Waals surface area contributed by atoms with Crippen molar-refractivity contribution < 1.29 is 14.3 Å². The van der Waals surface area contributed by atoms with Crippen LogP contribution in [0.3, 0.4) is 0 Å². The number of carbonyl (C=O) groups excluding carboxylic acids is 2. The molecule has 2 aromatic rings. The molecule has 0 aliphatic carbocycles. The zero-order chi connectivity index (χ0) is 19.5. The van der Waals surface area contributed by atoms with Crippen molar-refractivity contribution in [1.29, 1.82) is 0 Å². The highest BCUT2D eigenvalue weighted by Crippen LogP contribution is 2.23. The van der Waals surface area contributed by atoms with Gasteiger partial charge in [0.05, 0.1) is 17.4 Å². The number of nitrogens with zero attached hydrogens (tertiary/aromatic N) is 1. The summed E-state index contributed by atoms with van der Waals surface area (Å²) >= 11 is 2.99. The Morgan fingerprint density at radius 2 is 1.89 bits per heavy atom. The minimum absolute atomic E-state index is 0.177. The molecule has 2 rings (SSSR count). The molecule has 1 aromatic carbocycles. The molecule has 144 valence electrons. The number of rotatable bonds is 10. The predicted octanol–water partition coefficient (Wildman–Crippen LogP) is 3.54. The molecule has 1 heterocycles. The second-order valence-corrected chi connectivity index (χ2v) is 8.02. The van der Waals surface area contributed by atoms with Crippen molar-refractivity contribution >= 4 is 35.4 Å². The Balaban J connectivity index is 1.92. The van der Waals surface area contributed by atoms with Gasteiger partial charge in [0.25, 0.3) is 0 Å². The van der Waals surface area contributed by atoms with E-state index in [1.165, 1.54) is 24.4 Å². The average molecular weight is 405 g/mol. The van der Waals surface area contributed by atoms with Crippen LogP contribution in [-0.2, 0) is 20.1 Å². The number of pyridine rings is 1. The quantitative estimate of drug-likeness (QED) is 0.483. The lowest BCUT2D eigenvalue weighted by Crippen LogP contribution is -2.46. The standard InChI is InChI=1S/C20H24N2O3S2/c1-3-17(27-18-11-7-8-12-21-18)19(23)22-16(20(24)25-2)14-26-13-15-9-5-4-6-10-15/h4-12,16-17H,3,13-14H2,1-2H3,(H,22,23). The molecule has 0 aliphatic heterocycles. The van der Waals surface area contributed by atoms with Crippen molar-refractivity contribution in [3.8, 4) is 0 Å². The zero-order valence-electron chi connectivity index (χ0n) is 15.5. The fourth-order valence-electron chi connectivity index (χ4n) is 2.33. The maximum absolute atomic E-state index is 12.7. The van der Waals surface area contributed by atoms with E-state index in [4.69, 9.17) is 4.74 Å². The lowest BCUT2D eigenvalue weighted by atomic mass is 10.2. The van der Waals surface area contributed by atoms with Crippen LogP contribution in [0.25, 0.3) is 0 Å². The fraction of sp³-hybridized carbons (Fsp3) is 0.350. The first kappa shape index (κ1) is 21.3. The summed E-state index contributed by atoms with van der Waals surface area (Å²) < 4.78 is 4.86. The van der Waals surface area contributed by atoms with E-state index >= 15 is 0 Å². The van der Waals surface area contributed by atoms with Gasteiger partial charge in [0.2, 0.25) is 5.91 Å². The third kappa shape index (κ3) is 7.27. The maximum Gasteiger partial charge on any atom is 0.329 e. The summed E-state index contributed by atoms with van der Waals surface area (Å²) in [5, 5.41) is 3.31. The molecule has 7 heteroatoms. The van der Waals surface area contributed by atoms with Crippen molar-refractivity contribution in [3.05, 3.63) is 60.3 Å². The van der Waals surface area contributed by atoms with Crippen LogP contribution in [0.5, 0.6) is 0 Å². The largest absolute Gasteiger partial charge is 0.467 e. The summed E-state index contributed by atoms with van der Waals surface area (Å²) in [4.78, 5) is 29.0. The Kier molecular flexibility index (Phi) is 9.21. The van der Waals surface area contributed by atoms with Gasteiger partial charge >= 0.3 is 5.97 Å². The molecular formula is C20H24N2O3S2. The molecule has 0 fully saturated rings. The number of amides is 1. The van der Waals surface area contributed by atoms with Gasteiger partial charge in [-0.3, -0.25) is 4.79 Å². The number of methoxy groups -OCH3 is 1. The van der Waals surface area contributed by atoms with Crippen molar-refractivity contribution in [2.24, 2.45) is 0 Å². The second kappa shape index (κ2) is 11.7. The first-order chi connectivity index (χ1) is 13.1. The minimum atomic E-state index is -0.672. The van der Waals surface area contributed by atoms with Crippen LogP contribution in [0.2, 0.25) is 0 Å². The molecule has 0 spiro atoms. The van der Waals surface area contributed by atoms with Crippen LogP contribution < -0.4 is 5.32 Å². The maximum atomic E-state index is 12.7. The van der Waals surface area contributed by atoms with Crippen molar-refractivity contribution in [3.63, 3.8) is 0 Å². The van der Waals surface area contributed by atoms with Gasteiger partial charge in [0.15, 0.2) is 0 Å². The molecule has 1 N–H and O–H groups in total. The number of aromatic nitrogens is 1. The number of hydrogen-bond donors (Lipinski definition) is 1. The molecule has 27 heavy (non-hydrogen) atoms. The number of thioether (sulfide) groups is 2. The molecule has 1 aromatic heterocycles. The molecule has 2 unspecified atom stereocenters.